The third kappa shape index (κ3) is 3.44. The van der Waals surface area contributed by atoms with E-state index in [0.717, 1.165) is 24.1 Å². The lowest BCUT2D eigenvalue weighted by Gasteiger charge is -2.27. The lowest BCUT2D eigenvalue weighted by atomic mass is 9.84. The minimum Gasteiger partial charge on any atom is -0.326 e. The second-order valence-electron chi connectivity index (χ2n) is 5.44. The Morgan fingerprint density at radius 1 is 1.45 bits per heavy atom. The molecule has 1 heterocycles. The van der Waals surface area contributed by atoms with Crippen LogP contribution in [0.3, 0.4) is 0 Å². The van der Waals surface area contributed by atoms with Gasteiger partial charge in [0.15, 0.2) is 0 Å². The van der Waals surface area contributed by atoms with Crippen LogP contribution < -0.4 is 10.5 Å². The zero-order valence-corrected chi connectivity index (χ0v) is 14.8. The molecule has 1 saturated carbocycles. The summed E-state index contributed by atoms with van der Waals surface area (Å²) in [5.41, 5.74) is 5.71. The first-order valence-electron chi connectivity index (χ1n) is 6.90. The van der Waals surface area contributed by atoms with Crippen molar-refractivity contribution in [3.63, 3.8) is 0 Å². The van der Waals surface area contributed by atoms with Crippen LogP contribution >= 0.6 is 27.3 Å². The predicted octanol–water partition coefficient (Wildman–Crippen LogP) is 3.22. The quantitative estimate of drug-likeness (QED) is 0.795. The van der Waals surface area contributed by atoms with E-state index in [4.69, 9.17) is 5.73 Å². The Labute approximate surface area is 133 Å². The van der Waals surface area contributed by atoms with Crippen molar-refractivity contribution in [2.45, 2.75) is 50.5 Å². The van der Waals surface area contributed by atoms with Gasteiger partial charge >= 0.3 is 0 Å². The lowest BCUT2D eigenvalue weighted by molar-refractivity contribution is 0.285. The summed E-state index contributed by atoms with van der Waals surface area (Å²) in [5, 5.41) is 0. The number of thiophene rings is 1. The molecule has 0 unspecified atom stereocenters. The van der Waals surface area contributed by atoms with Gasteiger partial charge in [0, 0.05) is 18.0 Å². The first kappa shape index (κ1) is 16.4. The molecule has 7 heteroatoms. The number of rotatable bonds is 6. The average Bonchev–Trinajstić information content (AvgIpc) is 3.04. The van der Waals surface area contributed by atoms with E-state index in [9.17, 15) is 8.42 Å². The normalized spacial score (nSPS) is 18.6. The maximum absolute atomic E-state index is 12.4. The van der Waals surface area contributed by atoms with Gasteiger partial charge in [0.2, 0.25) is 10.0 Å². The van der Waals surface area contributed by atoms with Gasteiger partial charge in [0.1, 0.15) is 4.90 Å². The highest BCUT2D eigenvalue weighted by Gasteiger charge is 2.33. The van der Waals surface area contributed by atoms with Crippen LogP contribution in [0.1, 0.15) is 43.9 Å². The largest absolute Gasteiger partial charge is 0.326 e. The van der Waals surface area contributed by atoms with E-state index in [-0.39, 0.29) is 5.41 Å². The first-order valence-corrected chi connectivity index (χ1v) is 10.00. The summed E-state index contributed by atoms with van der Waals surface area (Å²) in [6.07, 6.45) is 5.66. The van der Waals surface area contributed by atoms with Crippen molar-refractivity contribution in [3.05, 3.63) is 14.7 Å². The van der Waals surface area contributed by atoms with Gasteiger partial charge in [-0.1, -0.05) is 19.8 Å². The number of nitrogens with one attached hydrogen (secondary N) is 1. The highest BCUT2D eigenvalue weighted by atomic mass is 79.9. The maximum atomic E-state index is 12.4. The van der Waals surface area contributed by atoms with Crippen molar-refractivity contribution in [3.8, 4) is 0 Å². The van der Waals surface area contributed by atoms with Crippen LogP contribution in [-0.2, 0) is 16.6 Å². The smallest absolute Gasteiger partial charge is 0.242 e. The molecule has 0 spiro atoms. The molecular formula is C13H21BrN2O2S2. The van der Waals surface area contributed by atoms with Gasteiger partial charge in [0.25, 0.3) is 0 Å². The molecule has 1 aliphatic rings. The van der Waals surface area contributed by atoms with E-state index in [2.05, 4.69) is 27.6 Å². The Kier molecular flexibility index (Phi) is 5.29. The molecular weight excluding hydrogens is 360 g/mol. The molecule has 0 amide bonds. The fourth-order valence-electron chi connectivity index (χ4n) is 2.79. The average molecular weight is 381 g/mol. The van der Waals surface area contributed by atoms with Crippen LogP contribution in [0.5, 0.6) is 0 Å². The second-order valence-corrected chi connectivity index (χ2v) is 9.63. The van der Waals surface area contributed by atoms with Crippen LogP contribution in [0.4, 0.5) is 0 Å². The summed E-state index contributed by atoms with van der Waals surface area (Å²) in [5.74, 6) is 0. The zero-order chi connectivity index (χ0) is 14.8. The molecule has 114 valence electrons. The van der Waals surface area contributed by atoms with Crippen molar-refractivity contribution >= 4 is 37.3 Å². The number of hydrogen-bond acceptors (Lipinski definition) is 4. The molecule has 3 N–H and O–H groups in total. The predicted molar refractivity (Wildman–Crippen MR) is 86.3 cm³/mol. The van der Waals surface area contributed by atoms with Crippen molar-refractivity contribution in [1.29, 1.82) is 0 Å². The molecule has 1 aromatic heterocycles. The molecule has 0 saturated heterocycles. The zero-order valence-electron chi connectivity index (χ0n) is 11.6. The number of sulfonamides is 1. The van der Waals surface area contributed by atoms with Crippen LogP contribution in [0.25, 0.3) is 0 Å². The van der Waals surface area contributed by atoms with E-state index in [1.54, 1.807) is 6.07 Å². The molecule has 0 aromatic carbocycles. The van der Waals surface area contributed by atoms with Gasteiger partial charge in [-0.05, 0) is 46.7 Å². The highest BCUT2D eigenvalue weighted by Crippen LogP contribution is 2.40. The van der Waals surface area contributed by atoms with Crippen molar-refractivity contribution in [2.24, 2.45) is 11.1 Å². The molecule has 1 aliphatic carbocycles. The molecule has 20 heavy (non-hydrogen) atoms. The summed E-state index contributed by atoms with van der Waals surface area (Å²) in [7, 11) is -3.46. The van der Waals surface area contributed by atoms with E-state index < -0.39 is 10.0 Å². The van der Waals surface area contributed by atoms with Gasteiger partial charge in [-0.15, -0.1) is 11.3 Å². The van der Waals surface area contributed by atoms with Gasteiger partial charge in [-0.25, -0.2) is 13.1 Å². The Morgan fingerprint density at radius 3 is 2.60 bits per heavy atom. The fraction of sp³-hybridized carbons (Fsp3) is 0.692. The fourth-order valence-corrected chi connectivity index (χ4v) is 6.50. The number of hydrogen-bond donors (Lipinski definition) is 2. The molecule has 2 rings (SSSR count). The molecule has 0 bridgehead atoms. The van der Waals surface area contributed by atoms with E-state index in [1.807, 2.05) is 0 Å². The molecule has 0 atom stereocenters. The summed E-state index contributed by atoms with van der Waals surface area (Å²) in [4.78, 5) is 1.18. The Balaban J connectivity index is 2.12. The van der Waals surface area contributed by atoms with Crippen molar-refractivity contribution in [1.82, 2.24) is 4.72 Å². The van der Waals surface area contributed by atoms with E-state index in [1.165, 1.54) is 24.2 Å². The third-order valence-electron chi connectivity index (χ3n) is 4.25. The molecule has 1 fully saturated rings. The lowest BCUT2D eigenvalue weighted by Crippen LogP contribution is -2.35. The summed E-state index contributed by atoms with van der Waals surface area (Å²) in [6, 6.07) is 1.66. The maximum Gasteiger partial charge on any atom is 0.242 e. The summed E-state index contributed by atoms with van der Waals surface area (Å²) in [6.45, 7) is 3.04. The Hall–Kier alpha value is 0.0500. The van der Waals surface area contributed by atoms with Gasteiger partial charge in [-0.2, -0.15) is 0 Å². The van der Waals surface area contributed by atoms with Crippen LogP contribution in [0.2, 0.25) is 0 Å². The van der Waals surface area contributed by atoms with Crippen molar-refractivity contribution < 1.29 is 8.42 Å². The number of nitrogens with two attached hydrogens (primary N) is 1. The minimum atomic E-state index is -3.46. The standard InChI is InChI=1S/C13H21BrN2O2S2/c1-2-13(5-3-4-6-13)9-16-20(17,18)11-7-10(8-15)19-12(11)14/h7,16H,2-6,8-9,15H2,1H3. The Morgan fingerprint density at radius 2 is 2.10 bits per heavy atom. The SMILES string of the molecule is CCC1(CNS(=O)(=O)c2cc(CN)sc2Br)CCCC1. The summed E-state index contributed by atoms with van der Waals surface area (Å²) < 4.78 is 28.3. The summed E-state index contributed by atoms with van der Waals surface area (Å²) >= 11 is 4.70. The first-order chi connectivity index (χ1) is 9.42. The Bertz CT molecular complexity index is 563. The van der Waals surface area contributed by atoms with E-state index >= 15 is 0 Å². The molecule has 1 aromatic rings. The third-order valence-corrected chi connectivity index (χ3v) is 7.92. The molecule has 4 nitrogen and oxygen atoms in total. The second kappa shape index (κ2) is 6.44. The van der Waals surface area contributed by atoms with Crippen LogP contribution in [-0.4, -0.2) is 15.0 Å². The molecule has 0 aliphatic heterocycles. The van der Waals surface area contributed by atoms with Gasteiger partial charge < -0.3 is 5.73 Å². The van der Waals surface area contributed by atoms with Gasteiger partial charge in [-0.3, -0.25) is 0 Å². The van der Waals surface area contributed by atoms with Crippen LogP contribution in [0.15, 0.2) is 14.7 Å². The monoisotopic (exact) mass is 380 g/mol. The highest BCUT2D eigenvalue weighted by molar-refractivity contribution is 9.11. The van der Waals surface area contributed by atoms with Crippen LogP contribution in [0, 0.1) is 5.41 Å². The van der Waals surface area contributed by atoms with Crippen molar-refractivity contribution in [2.75, 3.05) is 6.54 Å². The number of halogens is 1. The topological polar surface area (TPSA) is 72.2 Å². The van der Waals surface area contributed by atoms with E-state index in [0.29, 0.717) is 21.8 Å². The van der Waals surface area contributed by atoms with Gasteiger partial charge in [0.05, 0.1) is 3.79 Å². The molecule has 0 radical (unpaired) electrons. The minimum absolute atomic E-state index is 0.145.